The summed E-state index contributed by atoms with van der Waals surface area (Å²) in [5.41, 5.74) is 0.991. The predicted octanol–water partition coefficient (Wildman–Crippen LogP) is 4.15. The van der Waals surface area contributed by atoms with E-state index >= 15 is 0 Å². The van der Waals surface area contributed by atoms with Crippen LogP contribution in [0.5, 0.6) is 11.5 Å². The molecule has 2 nitrogen and oxygen atoms in total. The van der Waals surface area contributed by atoms with E-state index in [9.17, 15) is 10.2 Å². The Morgan fingerprint density at radius 2 is 1.82 bits per heavy atom. The summed E-state index contributed by atoms with van der Waals surface area (Å²) in [6.45, 7) is 4.28. The van der Waals surface area contributed by atoms with Crippen molar-refractivity contribution in [2.24, 2.45) is 0 Å². The molecular formula is C15H18O2. The number of hydrogen-bond acceptors (Lipinski definition) is 2. The molecule has 2 aromatic carbocycles. The number of phenols is 2. The molecule has 0 saturated carbocycles. The zero-order valence-corrected chi connectivity index (χ0v) is 10.3. The molecule has 0 heterocycles. The van der Waals surface area contributed by atoms with Crippen molar-refractivity contribution in [2.45, 2.75) is 32.6 Å². The monoisotopic (exact) mass is 230 g/mol. The Bertz CT molecular complexity index is 532. The Balaban J connectivity index is 2.51. The van der Waals surface area contributed by atoms with E-state index in [1.807, 2.05) is 12.1 Å². The number of hydrogen-bond donors (Lipinski definition) is 2. The predicted molar refractivity (Wildman–Crippen MR) is 70.6 cm³/mol. The van der Waals surface area contributed by atoms with Crippen molar-refractivity contribution in [3.05, 3.63) is 35.9 Å². The maximum absolute atomic E-state index is 10.0. The van der Waals surface area contributed by atoms with Gasteiger partial charge in [0, 0.05) is 0 Å². The van der Waals surface area contributed by atoms with E-state index in [-0.39, 0.29) is 5.75 Å². The highest BCUT2D eigenvalue weighted by atomic mass is 16.3. The molecule has 17 heavy (non-hydrogen) atoms. The molecule has 0 aliphatic carbocycles. The van der Waals surface area contributed by atoms with Crippen LogP contribution in [0.15, 0.2) is 30.3 Å². The van der Waals surface area contributed by atoms with Crippen molar-refractivity contribution < 1.29 is 10.2 Å². The molecule has 0 bridgehead atoms. The molecule has 0 aliphatic heterocycles. The number of rotatable bonds is 3. The highest BCUT2D eigenvalue weighted by Gasteiger charge is 2.11. The van der Waals surface area contributed by atoms with Crippen molar-refractivity contribution in [3.63, 3.8) is 0 Å². The maximum Gasteiger partial charge on any atom is 0.119 e. The normalized spacial score (nSPS) is 12.8. The average Bonchev–Trinajstić information content (AvgIpc) is 2.28. The van der Waals surface area contributed by atoms with Gasteiger partial charge in [0.2, 0.25) is 0 Å². The fraction of sp³-hybridized carbons (Fsp3) is 0.333. The second kappa shape index (κ2) is 4.66. The van der Waals surface area contributed by atoms with Crippen LogP contribution in [-0.2, 0) is 0 Å². The highest BCUT2D eigenvalue weighted by molar-refractivity contribution is 5.86. The van der Waals surface area contributed by atoms with E-state index in [0.717, 1.165) is 29.2 Å². The Morgan fingerprint density at radius 3 is 2.53 bits per heavy atom. The summed E-state index contributed by atoms with van der Waals surface area (Å²) in [6, 6.07) is 8.98. The fourth-order valence-electron chi connectivity index (χ4n) is 2.27. The van der Waals surface area contributed by atoms with Crippen LogP contribution in [0, 0.1) is 0 Å². The lowest BCUT2D eigenvalue weighted by atomic mass is 9.93. The van der Waals surface area contributed by atoms with E-state index in [4.69, 9.17) is 0 Å². The first-order valence-electron chi connectivity index (χ1n) is 6.07. The third-order valence-electron chi connectivity index (χ3n) is 3.22. The molecule has 0 spiro atoms. The molecule has 0 amide bonds. The molecule has 2 heteroatoms. The largest absolute Gasteiger partial charge is 0.508 e. The summed E-state index contributed by atoms with van der Waals surface area (Å²) < 4.78 is 0. The molecule has 0 aliphatic rings. The third-order valence-corrected chi connectivity index (χ3v) is 3.22. The summed E-state index contributed by atoms with van der Waals surface area (Å²) in [4.78, 5) is 0. The molecular weight excluding hydrogens is 212 g/mol. The van der Waals surface area contributed by atoms with E-state index in [0.29, 0.717) is 11.7 Å². The molecule has 0 saturated heterocycles. The van der Waals surface area contributed by atoms with E-state index in [1.54, 1.807) is 18.2 Å². The van der Waals surface area contributed by atoms with E-state index < -0.39 is 0 Å². The minimum absolute atomic E-state index is 0.228. The van der Waals surface area contributed by atoms with Gasteiger partial charge in [-0.15, -0.1) is 0 Å². The Labute approximate surface area is 102 Å². The Hall–Kier alpha value is -1.70. The molecule has 90 valence electrons. The molecule has 2 aromatic rings. The SMILES string of the molecule is CCCC(C)c1cc2ccc(O)cc2cc1O. The molecule has 2 rings (SSSR count). The van der Waals surface area contributed by atoms with Crippen LogP contribution in [0.4, 0.5) is 0 Å². The molecule has 0 aromatic heterocycles. The quantitative estimate of drug-likeness (QED) is 0.831. The van der Waals surface area contributed by atoms with Crippen LogP contribution in [0.3, 0.4) is 0 Å². The number of benzene rings is 2. The van der Waals surface area contributed by atoms with Gasteiger partial charge >= 0.3 is 0 Å². The topological polar surface area (TPSA) is 40.5 Å². The molecule has 1 unspecified atom stereocenters. The first-order chi connectivity index (χ1) is 8.11. The smallest absolute Gasteiger partial charge is 0.119 e. The number of phenolic OH excluding ortho intramolecular Hbond substituents is 2. The summed E-state index contributed by atoms with van der Waals surface area (Å²) >= 11 is 0. The lowest BCUT2D eigenvalue weighted by molar-refractivity contribution is 0.461. The molecule has 1 atom stereocenters. The second-order valence-corrected chi connectivity index (χ2v) is 4.63. The van der Waals surface area contributed by atoms with Gasteiger partial charge in [-0.2, -0.15) is 0 Å². The van der Waals surface area contributed by atoms with Crippen LogP contribution in [-0.4, -0.2) is 10.2 Å². The zero-order chi connectivity index (χ0) is 12.4. The lowest BCUT2D eigenvalue weighted by Crippen LogP contribution is -1.93. The van der Waals surface area contributed by atoms with Gasteiger partial charge in [-0.05, 0) is 52.9 Å². The average molecular weight is 230 g/mol. The Morgan fingerprint density at radius 1 is 1.06 bits per heavy atom. The van der Waals surface area contributed by atoms with Gasteiger partial charge in [0.05, 0.1) is 0 Å². The Kier molecular flexibility index (Phi) is 3.23. The summed E-state index contributed by atoms with van der Waals surface area (Å²) in [5.74, 6) is 0.911. The summed E-state index contributed by atoms with van der Waals surface area (Å²) in [5, 5.41) is 21.3. The van der Waals surface area contributed by atoms with E-state index in [2.05, 4.69) is 13.8 Å². The van der Waals surface area contributed by atoms with Crippen molar-refractivity contribution in [1.29, 1.82) is 0 Å². The van der Waals surface area contributed by atoms with Crippen LogP contribution in [0.1, 0.15) is 38.2 Å². The van der Waals surface area contributed by atoms with Crippen molar-refractivity contribution in [2.75, 3.05) is 0 Å². The van der Waals surface area contributed by atoms with Gasteiger partial charge in [-0.25, -0.2) is 0 Å². The molecule has 0 fully saturated rings. The minimum atomic E-state index is 0.228. The third kappa shape index (κ3) is 2.36. The van der Waals surface area contributed by atoms with Crippen molar-refractivity contribution in [3.8, 4) is 11.5 Å². The summed E-state index contributed by atoms with van der Waals surface area (Å²) in [6.07, 6.45) is 2.17. The van der Waals surface area contributed by atoms with Gasteiger partial charge in [-0.3, -0.25) is 0 Å². The van der Waals surface area contributed by atoms with Gasteiger partial charge in [0.1, 0.15) is 11.5 Å². The highest BCUT2D eigenvalue weighted by Crippen LogP contribution is 2.33. The second-order valence-electron chi connectivity index (χ2n) is 4.63. The van der Waals surface area contributed by atoms with E-state index in [1.165, 1.54) is 0 Å². The summed E-state index contributed by atoms with van der Waals surface area (Å²) in [7, 11) is 0. The zero-order valence-electron chi connectivity index (χ0n) is 10.3. The first kappa shape index (κ1) is 11.8. The first-order valence-corrected chi connectivity index (χ1v) is 6.07. The standard InChI is InChI=1S/C15H18O2/c1-3-4-10(2)14-8-11-5-6-13(16)7-12(11)9-15(14)17/h5-10,16-17H,3-4H2,1-2H3. The number of aromatic hydroxyl groups is 2. The van der Waals surface area contributed by atoms with Gasteiger partial charge in [0.25, 0.3) is 0 Å². The molecule has 0 radical (unpaired) electrons. The molecule has 2 N–H and O–H groups in total. The van der Waals surface area contributed by atoms with Gasteiger partial charge in [-0.1, -0.05) is 26.3 Å². The maximum atomic E-state index is 10.0. The lowest BCUT2D eigenvalue weighted by Gasteiger charge is -2.13. The van der Waals surface area contributed by atoms with Crippen molar-refractivity contribution >= 4 is 10.8 Å². The van der Waals surface area contributed by atoms with Crippen molar-refractivity contribution in [1.82, 2.24) is 0 Å². The van der Waals surface area contributed by atoms with Crippen LogP contribution in [0.25, 0.3) is 10.8 Å². The van der Waals surface area contributed by atoms with Gasteiger partial charge in [0.15, 0.2) is 0 Å². The fourth-order valence-corrected chi connectivity index (χ4v) is 2.27. The van der Waals surface area contributed by atoms with Crippen LogP contribution in [0.2, 0.25) is 0 Å². The minimum Gasteiger partial charge on any atom is -0.508 e. The van der Waals surface area contributed by atoms with Crippen LogP contribution < -0.4 is 0 Å². The van der Waals surface area contributed by atoms with Gasteiger partial charge < -0.3 is 10.2 Å². The van der Waals surface area contributed by atoms with Crippen LogP contribution >= 0.6 is 0 Å². The number of fused-ring (bicyclic) bond motifs is 1.